The summed E-state index contributed by atoms with van der Waals surface area (Å²) in [7, 11) is 3.75. The number of fused-ring (bicyclic) bond motifs is 1. The van der Waals surface area contributed by atoms with Gasteiger partial charge in [-0.2, -0.15) is 0 Å². The van der Waals surface area contributed by atoms with Gasteiger partial charge in [-0.25, -0.2) is 0 Å². The summed E-state index contributed by atoms with van der Waals surface area (Å²) >= 11 is 0. The highest BCUT2D eigenvalue weighted by Gasteiger charge is 2.20. The second-order valence-corrected chi connectivity index (χ2v) is 4.40. The first-order chi connectivity index (χ1) is 8.65. The Kier molecular flexibility index (Phi) is 2.88. The Morgan fingerprint density at radius 3 is 2.59 bits per heavy atom. The van der Waals surface area contributed by atoms with Gasteiger partial charge in [-0.1, -0.05) is 42.5 Å². The number of carbonyl (C=O) groups is 1. The minimum Gasteiger partial charge on any atom is -0.298 e. The normalized spacial score (nSPS) is 13.7. The molecular weight excluding hydrogens is 210 g/mol. The zero-order valence-corrected chi connectivity index (χ0v) is 10.2. The van der Waals surface area contributed by atoms with Crippen LogP contribution in [0.2, 0.25) is 0 Å². The molecule has 1 unspecified atom stereocenters. The van der Waals surface area contributed by atoms with Gasteiger partial charge in [0, 0.05) is 1.37 Å². The van der Waals surface area contributed by atoms with E-state index in [4.69, 9.17) is 1.37 Å². The Morgan fingerprint density at radius 2 is 1.88 bits per heavy atom. The van der Waals surface area contributed by atoms with E-state index in [9.17, 15) is 4.79 Å². The van der Waals surface area contributed by atoms with Crippen molar-refractivity contribution in [2.75, 3.05) is 14.1 Å². The van der Waals surface area contributed by atoms with E-state index in [-0.39, 0.29) is 18.7 Å². The van der Waals surface area contributed by atoms with Crippen molar-refractivity contribution in [1.82, 2.24) is 4.90 Å². The lowest BCUT2D eigenvalue weighted by molar-refractivity contribution is -0.121. The van der Waals surface area contributed by atoms with Crippen LogP contribution in [0.4, 0.5) is 0 Å². The largest absolute Gasteiger partial charge is 0.298 e. The molecule has 0 N–H and O–H groups in total. The maximum Gasteiger partial charge on any atom is 0.151 e. The number of carbonyl (C=O) groups excluding carboxylic acids is 1. The molecule has 0 aromatic heterocycles. The molecule has 0 saturated carbocycles. The highest BCUT2D eigenvalue weighted by Crippen LogP contribution is 2.27. The van der Waals surface area contributed by atoms with E-state index >= 15 is 0 Å². The quantitative estimate of drug-likeness (QED) is 0.804. The maximum atomic E-state index is 12.0. The molecule has 2 rings (SSSR count). The predicted octanol–water partition coefficient (Wildman–Crippen LogP) is 3.03. The summed E-state index contributed by atoms with van der Waals surface area (Å²) in [4.78, 5) is 13.8. The molecule has 0 aliphatic rings. The van der Waals surface area contributed by atoms with Crippen LogP contribution in [0.3, 0.4) is 0 Å². The molecule has 0 radical (unpaired) electrons. The van der Waals surface area contributed by atoms with Crippen molar-refractivity contribution < 1.29 is 6.17 Å². The van der Waals surface area contributed by atoms with Crippen molar-refractivity contribution in [2.24, 2.45) is 0 Å². The molecule has 0 amide bonds. The van der Waals surface area contributed by atoms with E-state index in [0.717, 1.165) is 16.3 Å². The SMILES string of the molecule is [2H]CC(=O)C(c1cccc2ccccc12)N(C)C. The first-order valence-electron chi connectivity index (χ1n) is 6.32. The zero-order valence-electron chi connectivity index (χ0n) is 11.2. The molecule has 0 heterocycles. The highest BCUT2D eigenvalue weighted by molar-refractivity contribution is 5.92. The highest BCUT2D eigenvalue weighted by atomic mass is 16.1. The van der Waals surface area contributed by atoms with Crippen LogP contribution in [0.5, 0.6) is 0 Å². The number of ketones is 1. The molecule has 2 nitrogen and oxygen atoms in total. The van der Waals surface area contributed by atoms with Crippen molar-refractivity contribution >= 4 is 16.6 Å². The number of hydrogen-bond acceptors (Lipinski definition) is 2. The number of Topliss-reactive ketones (excluding diaryl/α,β-unsaturated/α-hetero) is 1. The first kappa shape index (κ1) is 10.5. The van der Waals surface area contributed by atoms with Gasteiger partial charge in [0.2, 0.25) is 0 Å². The molecule has 2 heteroatoms. The van der Waals surface area contributed by atoms with E-state index in [1.807, 2.05) is 61.5 Å². The Morgan fingerprint density at radius 1 is 1.18 bits per heavy atom. The van der Waals surface area contributed by atoms with Gasteiger partial charge in [-0.05, 0) is 37.3 Å². The second-order valence-electron chi connectivity index (χ2n) is 4.40. The van der Waals surface area contributed by atoms with Gasteiger partial charge in [-0.3, -0.25) is 9.69 Å². The lowest BCUT2D eigenvalue weighted by atomic mass is 9.96. The van der Waals surface area contributed by atoms with Crippen molar-refractivity contribution in [3.8, 4) is 0 Å². The average molecular weight is 228 g/mol. The summed E-state index contributed by atoms with van der Waals surface area (Å²) in [6.07, 6.45) is 0. The number of benzene rings is 2. The Hall–Kier alpha value is -1.67. The van der Waals surface area contributed by atoms with Crippen LogP contribution in [-0.2, 0) is 4.79 Å². The monoisotopic (exact) mass is 228 g/mol. The molecule has 0 saturated heterocycles. The van der Waals surface area contributed by atoms with Gasteiger partial charge in [0.25, 0.3) is 0 Å². The van der Waals surface area contributed by atoms with Gasteiger partial charge < -0.3 is 0 Å². The van der Waals surface area contributed by atoms with Crippen LogP contribution in [0, 0.1) is 0 Å². The topological polar surface area (TPSA) is 20.3 Å². The van der Waals surface area contributed by atoms with Gasteiger partial charge in [0.1, 0.15) is 0 Å². The fraction of sp³-hybridized carbons (Fsp3) is 0.267. The molecule has 17 heavy (non-hydrogen) atoms. The summed E-state index contributed by atoms with van der Waals surface area (Å²) < 4.78 is 7.31. The van der Waals surface area contributed by atoms with E-state index in [1.54, 1.807) is 0 Å². The maximum absolute atomic E-state index is 12.0. The van der Waals surface area contributed by atoms with Gasteiger partial charge >= 0.3 is 0 Å². The second kappa shape index (κ2) is 4.68. The summed E-state index contributed by atoms with van der Waals surface area (Å²) in [6, 6.07) is 13.7. The number of likely N-dealkylation sites (N-methyl/N-ethyl adjacent to an activating group) is 1. The summed E-state index contributed by atoms with van der Waals surface area (Å²) in [5, 5.41) is 2.21. The van der Waals surface area contributed by atoms with Gasteiger partial charge in [0.05, 0.1) is 6.04 Å². The van der Waals surface area contributed by atoms with Crippen molar-refractivity contribution in [3.63, 3.8) is 0 Å². The lowest BCUT2D eigenvalue weighted by Crippen LogP contribution is -2.26. The molecule has 0 spiro atoms. The molecule has 0 bridgehead atoms. The van der Waals surface area contributed by atoms with Crippen LogP contribution in [-0.4, -0.2) is 24.8 Å². The predicted molar refractivity (Wildman–Crippen MR) is 71.1 cm³/mol. The molecule has 0 aliphatic heterocycles. The Balaban J connectivity index is 2.61. The van der Waals surface area contributed by atoms with Crippen LogP contribution in [0.15, 0.2) is 42.5 Å². The molecule has 2 aromatic carbocycles. The van der Waals surface area contributed by atoms with E-state index in [1.165, 1.54) is 0 Å². The number of nitrogens with zero attached hydrogens (tertiary/aromatic N) is 1. The Labute approximate surface area is 103 Å². The Bertz CT molecular complexity index is 560. The number of rotatable bonds is 3. The lowest BCUT2D eigenvalue weighted by Gasteiger charge is -2.23. The first-order valence-corrected chi connectivity index (χ1v) is 5.61. The third kappa shape index (κ3) is 2.22. The fourth-order valence-electron chi connectivity index (χ4n) is 2.23. The van der Waals surface area contributed by atoms with Crippen LogP contribution in [0.1, 0.15) is 19.9 Å². The molecule has 0 fully saturated rings. The number of hydrogen-bond donors (Lipinski definition) is 0. The van der Waals surface area contributed by atoms with E-state index in [0.29, 0.717) is 0 Å². The van der Waals surface area contributed by atoms with E-state index < -0.39 is 0 Å². The van der Waals surface area contributed by atoms with E-state index in [2.05, 4.69) is 0 Å². The summed E-state index contributed by atoms with van der Waals surface area (Å²) in [5.74, 6) is -0.0728. The van der Waals surface area contributed by atoms with Crippen molar-refractivity contribution in [1.29, 1.82) is 0 Å². The molecule has 1 atom stereocenters. The van der Waals surface area contributed by atoms with Crippen molar-refractivity contribution in [2.45, 2.75) is 12.9 Å². The summed E-state index contributed by atoms with van der Waals surface area (Å²) in [6.45, 7) is -0.188. The standard InChI is InChI=1S/C15H17NO/c1-11(17)15(16(2)3)14-10-6-8-12-7-4-5-9-13(12)14/h4-10,15H,1-3H3/i1D. The van der Waals surface area contributed by atoms with Crippen LogP contribution in [0.25, 0.3) is 10.8 Å². The molecule has 88 valence electrons. The minimum atomic E-state index is -0.339. The zero-order chi connectivity index (χ0) is 13.1. The molecule has 2 aromatic rings. The molecule has 0 aliphatic carbocycles. The van der Waals surface area contributed by atoms with Crippen molar-refractivity contribution in [3.05, 3.63) is 48.0 Å². The third-order valence-corrected chi connectivity index (χ3v) is 2.94. The third-order valence-electron chi connectivity index (χ3n) is 2.94. The van der Waals surface area contributed by atoms with Crippen LogP contribution < -0.4 is 0 Å². The minimum absolute atomic E-state index is 0.0728. The average Bonchev–Trinajstić information content (AvgIpc) is 2.38. The van der Waals surface area contributed by atoms with Crippen LogP contribution >= 0.6 is 0 Å². The smallest absolute Gasteiger partial charge is 0.151 e. The summed E-state index contributed by atoms with van der Waals surface area (Å²) in [5.41, 5.74) is 0.982. The van der Waals surface area contributed by atoms with Gasteiger partial charge in [-0.15, -0.1) is 0 Å². The van der Waals surface area contributed by atoms with Gasteiger partial charge in [0.15, 0.2) is 5.78 Å². The fourth-order valence-corrected chi connectivity index (χ4v) is 2.23. The molecular formula is C15H17NO.